The molecule has 16 heteroatoms. The quantitative estimate of drug-likeness (QED) is 0.0499. The highest BCUT2D eigenvalue weighted by atomic mass is 33.1. The second kappa shape index (κ2) is 13.8. The van der Waals surface area contributed by atoms with Crippen LogP contribution in [0.5, 0.6) is 0 Å². The van der Waals surface area contributed by atoms with Crippen LogP contribution in [0.3, 0.4) is 0 Å². The zero-order chi connectivity index (χ0) is 31.4. The van der Waals surface area contributed by atoms with Gasteiger partial charge in [0.25, 0.3) is 11.8 Å². The van der Waals surface area contributed by atoms with Gasteiger partial charge >= 0.3 is 17.8 Å². The lowest BCUT2D eigenvalue weighted by molar-refractivity contribution is -0.184. The molecule has 0 aromatic carbocycles. The Labute approximate surface area is 251 Å². The highest BCUT2D eigenvalue weighted by Crippen LogP contribution is 2.40. The minimum Gasteiger partial charge on any atom is -0.463 e. The number of imide groups is 1. The maximum absolute atomic E-state index is 12.9. The van der Waals surface area contributed by atoms with Gasteiger partial charge in [-0.1, -0.05) is 21.6 Å². The fourth-order valence-corrected chi connectivity index (χ4v) is 7.42. The number of nitrogens with zero attached hydrogens (tertiary/aromatic N) is 2. The first-order valence-electron chi connectivity index (χ1n) is 13.5. The van der Waals surface area contributed by atoms with Gasteiger partial charge in [-0.2, -0.15) is 0 Å². The minimum atomic E-state index is -1.65. The first kappa shape index (κ1) is 33.8. The number of esters is 1. The summed E-state index contributed by atoms with van der Waals surface area (Å²) < 4.78 is 5.14. The van der Waals surface area contributed by atoms with Crippen molar-refractivity contribution in [2.24, 2.45) is 5.41 Å². The van der Waals surface area contributed by atoms with E-state index in [0.717, 1.165) is 9.80 Å². The van der Waals surface area contributed by atoms with Crippen molar-refractivity contribution in [2.45, 2.75) is 82.2 Å². The number of carbonyl (C=O) groups is 6. The largest absolute Gasteiger partial charge is 0.463 e. The minimum absolute atomic E-state index is 0.114. The number of aliphatic hydroxyl groups excluding tert-OH is 3. The van der Waals surface area contributed by atoms with Gasteiger partial charge < -0.3 is 35.6 Å². The summed E-state index contributed by atoms with van der Waals surface area (Å²) in [5, 5.41) is 35.7. The Morgan fingerprint density at radius 3 is 2.29 bits per heavy atom. The fourth-order valence-electron chi connectivity index (χ4n) is 4.54. The van der Waals surface area contributed by atoms with Crippen molar-refractivity contribution in [3.63, 3.8) is 0 Å². The first-order valence-corrected chi connectivity index (χ1v) is 15.8. The van der Waals surface area contributed by atoms with Crippen LogP contribution in [-0.4, -0.2) is 121 Å². The number of piperidine rings is 1. The molecule has 5 atom stereocenters. The standard InChI is InChI=1S/C26H38N4O10S2/c1-25(2,24(39)40-13-14-18(34)19(35)20(36)21-28-22(37)23(38)30(14)21)9-12-41-42-26(3,4)8-7-15(31)27-10-11-29-16(32)5-6-17(29)33/h5-6,14,18-21,34-36H,7-13H2,1-4H3,(H,27,31)(H,28,37)/t14-,18-,19+,20+,21+/m1/s1. The van der Waals surface area contributed by atoms with Crippen LogP contribution in [0, 0.1) is 5.41 Å². The van der Waals surface area contributed by atoms with Crippen LogP contribution in [0.4, 0.5) is 0 Å². The molecule has 234 valence electrons. The van der Waals surface area contributed by atoms with Crippen molar-refractivity contribution >= 4 is 57.1 Å². The molecule has 2 fully saturated rings. The molecule has 0 aliphatic carbocycles. The third-order valence-corrected chi connectivity index (χ3v) is 10.7. The molecule has 5 N–H and O–H groups in total. The number of fused-ring (bicyclic) bond motifs is 1. The molecular formula is C26H38N4O10S2. The van der Waals surface area contributed by atoms with E-state index in [1.165, 1.54) is 12.2 Å². The molecule has 0 radical (unpaired) electrons. The average molecular weight is 631 g/mol. The molecule has 42 heavy (non-hydrogen) atoms. The zero-order valence-electron chi connectivity index (χ0n) is 23.9. The zero-order valence-corrected chi connectivity index (χ0v) is 25.5. The summed E-state index contributed by atoms with van der Waals surface area (Å²) in [4.78, 5) is 74.2. The Morgan fingerprint density at radius 2 is 1.64 bits per heavy atom. The summed E-state index contributed by atoms with van der Waals surface area (Å²) >= 11 is 0. The summed E-state index contributed by atoms with van der Waals surface area (Å²) in [5.74, 6) is -2.96. The predicted octanol–water partition coefficient (Wildman–Crippen LogP) is -1.32. The lowest BCUT2D eigenvalue weighted by Gasteiger charge is -2.44. The van der Waals surface area contributed by atoms with E-state index in [1.807, 2.05) is 13.8 Å². The van der Waals surface area contributed by atoms with Crippen LogP contribution in [0.25, 0.3) is 0 Å². The van der Waals surface area contributed by atoms with Gasteiger partial charge in [-0.05, 0) is 40.5 Å². The van der Waals surface area contributed by atoms with Crippen LogP contribution >= 0.6 is 21.6 Å². The monoisotopic (exact) mass is 630 g/mol. The van der Waals surface area contributed by atoms with Crippen LogP contribution < -0.4 is 10.6 Å². The second-order valence-corrected chi connectivity index (χ2v) is 14.7. The van der Waals surface area contributed by atoms with E-state index >= 15 is 0 Å². The topological polar surface area (TPSA) is 203 Å². The number of nitrogens with one attached hydrogen (secondary N) is 2. The van der Waals surface area contributed by atoms with Gasteiger partial charge in [0.1, 0.15) is 31.1 Å². The molecule has 3 aliphatic heterocycles. The second-order valence-electron chi connectivity index (χ2n) is 11.6. The van der Waals surface area contributed by atoms with Crippen molar-refractivity contribution in [3.05, 3.63) is 12.2 Å². The van der Waals surface area contributed by atoms with Gasteiger partial charge in [0.15, 0.2) is 0 Å². The molecule has 0 unspecified atom stereocenters. The fraction of sp³-hybridized carbons (Fsp3) is 0.692. The number of carbonyl (C=O) groups excluding carboxylic acids is 6. The molecule has 14 nitrogen and oxygen atoms in total. The lowest BCUT2D eigenvalue weighted by Crippen LogP contribution is -2.68. The predicted molar refractivity (Wildman–Crippen MR) is 152 cm³/mol. The van der Waals surface area contributed by atoms with E-state index in [-0.39, 0.29) is 30.2 Å². The molecule has 0 saturated carbocycles. The molecule has 5 amide bonds. The van der Waals surface area contributed by atoms with E-state index in [2.05, 4.69) is 10.6 Å². The average Bonchev–Trinajstić information content (AvgIpc) is 3.41. The number of hydrogen-bond donors (Lipinski definition) is 5. The molecule has 2 saturated heterocycles. The Kier molecular flexibility index (Phi) is 11.1. The van der Waals surface area contributed by atoms with E-state index < -0.39 is 72.1 Å². The molecule has 3 rings (SSSR count). The Hall–Kier alpha value is -2.66. The van der Waals surface area contributed by atoms with Gasteiger partial charge in [0, 0.05) is 42.2 Å². The molecule has 0 bridgehead atoms. The highest BCUT2D eigenvalue weighted by molar-refractivity contribution is 8.77. The van der Waals surface area contributed by atoms with E-state index in [4.69, 9.17) is 4.74 Å². The summed E-state index contributed by atoms with van der Waals surface area (Å²) in [6.45, 7) is 7.21. The van der Waals surface area contributed by atoms with Crippen LogP contribution in [0.15, 0.2) is 12.2 Å². The number of ether oxygens (including phenoxy) is 1. The number of rotatable bonds is 14. The third kappa shape index (κ3) is 8.03. The van der Waals surface area contributed by atoms with Crippen molar-refractivity contribution in [1.29, 1.82) is 0 Å². The van der Waals surface area contributed by atoms with E-state index in [1.54, 1.807) is 35.4 Å². The summed E-state index contributed by atoms with van der Waals surface area (Å²) in [6, 6.07) is -1.22. The molecule has 3 heterocycles. The van der Waals surface area contributed by atoms with Gasteiger partial charge in [-0.15, -0.1) is 0 Å². The van der Waals surface area contributed by atoms with Crippen molar-refractivity contribution in [2.75, 3.05) is 25.4 Å². The van der Waals surface area contributed by atoms with Crippen molar-refractivity contribution in [3.8, 4) is 0 Å². The number of hydrogen-bond acceptors (Lipinski definition) is 12. The van der Waals surface area contributed by atoms with Crippen LogP contribution in [0.1, 0.15) is 47.0 Å². The third-order valence-electron chi connectivity index (χ3n) is 7.33. The molecular weight excluding hydrogens is 592 g/mol. The van der Waals surface area contributed by atoms with Crippen molar-refractivity contribution < 1.29 is 48.8 Å². The maximum atomic E-state index is 12.9. The van der Waals surface area contributed by atoms with Gasteiger partial charge in [0.2, 0.25) is 5.91 Å². The van der Waals surface area contributed by atoms with E-state index in [9.17, 15) is 44.1 Å². The van der Waals surface area contributed by atoms with Crippen LogP contribution in [-0.2, 0) is 33.5 Å². The molecule has 0 spiro atoms. The highest BCUT2D eigenvalue weighted by Gasteiger charge is 2.55. The normalized spacial score (nSPS) is 26.0. The van der Waals surface area contributed by atoms with Crippen molar-refractivity contribution in [1.82, 2.24) is 20.4 Å². The Balaban J connectivity index is 1.37. The van der Waals surface area contributed by atoms with Gasteiger partial charge in [0.05, 0.1) is 11.5 Å². The molecule has 0 aromatic rings. The smallest absolute Gasteiger partial charge is 0.314 e. The number of aliphatic hydroxyl groups is 3. The Morgan fingerprint density at radius 1 is 1.00 bits per heavy atom. The van der Waals surface area contributed by atoms with E-state index in [0.29, 0.717) is 18.6 Å². The Bertz CT molecular complexity index is 1110. The first-order chi connectivity index (χ1) is 19.6. The summed E-state index contributed by atoms with van der Waals surface area (Å²) in [6.07, 6.45) is -2.45. The molecule has 0 aromatic heterocycles. The van der Waals surface area contributed by atoms with Gasteiger partial charge in [-0.3, -0.25) is 33.7 Å². The van der Waals surface area contributed by atoms with Gasteiger partial charge in [-0.25, -0.2) is 0 Å². The SMILES string of the molecule is CC(C)(CCC(=O)NCCN1C(=O)C=CC1=O)SSCCC(C)(C)C(=O)OC[C@@H]1[C@@H](O)[C@H](O)[C@H](O)[C@H]2NC(=O)C(=O)N12. The lowest BCUT2D eigenvalue weighted by atomic mass is 9.90. The summed E-state index contributed by atoms with van der Waals surface area (Å²) in [7, 11) is 3.12. The summed E-state index contributed by atoms with van der Waals surface area (Å²) in [5.41, 5.74) is -0.925. The molecule has 3 aliphatic rings. The van der Waals surface area contributed by atoms with Crippen LogP contribution in [0.2, 0.25) is 0 Å². The maximum Gasteiger partial charge on any atom is 0.314 e. The number of amides is 5.